The van der Waals surface area contributed by atoms with E-state index in [4.69, 9.17) is 9.47 Å². The standard InChI is InChI=1S/C21H35F3O6/c1-10-20(9,17(27)30-19(7,8)13(2)3)12-18(5,6)16(26)28-11-15(25)29-14(4)21(22,23)24/h13-14H,10-12H2,1-9H3. The van der Waals surface area contributed by atoms with Gasteiger partial charge in [-0.25, -0.2) is 4.79 Å². The van der Waals surface area contributed by atoms with Crippen LogP contribution in [0.4, 0.5) is 13.2 Å². The molecule has 2 atom stereocenters. The number of hydrogen-bond donors (Lipinski definition) is 0. The number of rotatable bonds is 10. The van der Waals surface area contributed by atoms with E-state index in [1.165, 1.54) is 13.8 Å². The van der Waals surface area contributed by atoms with Crippen LogP contribution in [0.3, 0.4) is 0 Å². The molecule has 0 saturated carbocycles. The number of esters is 3. The van der Waals surface area contributed by atoms with Crippen LogP contribution in [0.1, 0.15) is 75.2 Å². The Bertz CT molecular complexity index is 625. The van der Waals surface area contributed by atoms with Crippen molar-refractivity contribution in [2.75, 3.05) is 6.61 Å². The van der Waals surface area contributed by atoms with Crippen molar-refractivity contribution in [3.05, 3.63) is 0 Å². The largest absolute Gasteiger partial charge is 0.459 e. The summed E-state index contributed by atoms with van der Waals surface area (Å²) < 4.78 is 52.1. The molecule has 0 amide bonds. The molecule has 30 heavy (non-hydrogen) atoms. The summed E-state index contributed by atoms with van der Waals surface area (Å²) in [5, 5.41) is 0. The highest BCUT2D eigenvalue weighted by Crippen LogP contribution is 2.40. The second-order valence-electron chi connectivity index (χ2n) is 9.37. The molecular formula is C21H35F3O6. The molecule has 6 nitrogen and oxygen atoms in total. The van der Waals surface area contributed by atoms with Gasteiger partial charge in [0.2, 0.25) is 0 Å². The highest BCUT2D eigenvalue weighted by molar-refractivity contribution is 5.82. The highest BCUT2D eigenvalue weighted by atomic mass is 19.4. The second kappa shape index (κ2) is 10.0. The number of alkyl halides is 3. The monoisotopic (exact) mass is 440 g/mol. The first-order chi connectivity index (χ1) is 13.3. The smallest absolute Gasteiger partial charge is 0.425 e. The molecule has 0 aromatic heterocycles. The summed E-state index contributed by atoms with van der Waals surface area (Å²) in [6.45, 7) is 13.7. The lowest BCUT2D eigenvalue weighted by molar-refractivity contribution is -0.218. The van der Waals surface area contributed by atoms with Gasteiger partial charge in [0, 0.05) is 0 Å². The van der Waals surface area contributed by atoms with Crippen molar-refractivity contribution in [2.24, 2.45) is 16.7 Å². The molecule has 0 spiro atoms. The van der Waals surface area contributed by atoms with Crippen LogP contribution in [0.25, 0.3) is 0 Å². The lowest BCUT2D eigenvalue weighted by Crippen LogP contribution is -2.43. The number of halogens is 3. The van der Waals surface area contributed by atoms with E-state index in [1.807, 2.05) is 13.8 Å². The fourth-order valence-corrected chi connectivity index (χ4v) is 2.49. The van der Waals surface area contributed by atoms with Crippen molar-refractivity contribution in [1.82, 2.24) is 0 Å². The molecule has 9 heteroatoms. The maximum absolute atomic E-state index is 12.8. The molecule has 0 fully saturated rings. The number of carbonyl (C=O) groups excluding carboxylic acids is 3. The molecule has 0 aliphatic rings. The van der Waals surface area contributed by atoms with E-state index in [2.05, 4.69) is 4.74 Å². The Kier molecular flexibility index (Phi) is 9.40. The highest BCUT2D eigenvalue weighted by Gasteiger charge is 2.45. The maximum atomic E-state index is 12.8. The zero-order chi connectivity index (χ0) is 24.1. The van der Waals surface area contributed by atoms with Gasteiger partial charge in [-0.05, 0) is 60.3 Å². The summed E-state index contributed by atoms with van der Waals surface area (Å²) >= 11 is 0. The first-order valence-electron chi connectivity index (χ1n) is 9.95. The third kappa shape index (κ3) is 8.14. The molecule has 0 bridgehead atoms. The molecule has 0 aromatic carbocycles. The van der Waals surface area contributed by atoms with Crippen molar-refractivity contribution in [3.63, 3.8) is 0 Å². The number of hydrogen-bond acceptors (Lipinski definition) is 6. The Morgan fingerprint density at radius 1 is 0.900 bits per heavy atom. The summed E-state index contributed by atoms with van der Waals surface area (Å²) in [5.41, 5.74) is -2.89. The SMILES string of the molecule is CCC(C)(CC(C)(C)C(=O)OCC(=O)OC(C)C(F)(F)F)C(=O)OC(C)(C)C(C)C. The molecule has 0 radical (unpaired) electrons. The zero-order valence-electron chi connectivity index (χ0n) is 19.4. The van der Waals surface area contributed by atoms with Gasteiger partial charge in [0.1, 0.15) is 5.60 Å². The molecule has 2 unspecified atom stereocenters. The lowest BCUT2D eigenvalue weighted by atomic mass is 9.72. The molecule has 0 aliphatic carbocycles. The molecular weight excluding hydrogens is 405 g/mol. The lowest BCUT2D eigenvalue weighted by Gasteiger charge is -2.38. The predicted octanol–water partition coefficient (Wildman–Crippen LogP) is 4.83. The van der Waals surface area contributed by atoms with E-state index in [0.29, 0.717) is 13.3 Å². The summed E-state index contributed by atoms with van der Waals surface area (Å²) in [7, 11) is 0. The van der Waals surface area contributed by atoms with Crippen molar-refractivity contribution in [1.29, 1.82) is 0 Å². The Morgan fingerprint density at radius 3 is 1.80 bits per heavy atom. The van der Waals surface area contributed by atoms with Crippen LogP contribution in [-0.4, -0.2) is 42.4 Å². The van der Waals surface area contributed by atoms with E-state index in [9.17, 15) is 27.6 Å². The quantitative estimate of drug-likeness (QED) is 0.357. The van der Waals surface area contributed by atoms with Gasteiger partial charge in [-0.1, -0.05) is 20.8 Å². The third-order valence-electron chi connectivity index (χ3n) is 5.49. The van der Waals surface area contributed by atoms with Crippen LogP contribution in [0.2, 0.25) is 0 Å². The fourth-order valence-electron chi connectivity index (χ4n) is 2.49. The average molecular weight is 440 g/mol. The Labute approximate surface area is 176 Å². The van der Waals surface area contributed by atoms with E-state index in [0.717, 1.165) is 0 Å². The zero-order valence-corrected chi connectivity index (χ0v) is 19.4. The molecule has 0 saturated heterocycles. The molecule has 176 valence electrons. The van der Waals surface area contributed by atoms with E-state index in [-0.39, 0.29) is 12.3 Å². The minimum atomic E-state index is -4.70. The maximum Gasteiger partial charge on any atom is 0.425 e. The van der Waals surface area contributed by atoms with Gasteiger partial charge in [0.15, 0.2) is 12.7 Å². The van der Waals surface area contributed by atoms with Gasteiger partial charge in [-0.15, -0.1) is 0 Å². The van der Waals surface area contributed by atoms with E-state index in [1.54, 1.807) is 27.7 Å². The third-order valence-corrected chi connectivity index (χ3v) is 5.49. The van der Waals surface area contributed by atoms with Crippen molar-refractivity contribution >= 4 is 17.9 Å². The Hall–Kier alpha value is -1.80. The van der Waals surface area contributed by atoms with Crippen LogP contribution in [-0.2, 0) is 28.6 Å². The summed E-state index contributed by atoms with van der Waals surface area (Å²) in [6.07, 6.45) is -6.55. The van der Waals surface area contributed by atoms with Gasteiger partial charge in [-0.2, -0.15) is 13.2 Å². The van der Waals surface area contributed by atoms with Crippen LogP contribution in [0.5, 0.6) is 0 Å². The van der Waals surface area contributed by atoms with Crippen molar-refractivity contribution in [2.45, 2.75) is 93.0 Å². The summed E-state index contributed by atoms with van der Waals surface area (Å²) in [6, 6.07) is 0. The van der Waals surface area contributed by atoms with Gasteiger partial charge < -0.3 is 14.2 Å². The summed E-state index contributed by atoms with van der Waals surface area (Å²) in [4.78, 5) is 36.8. The van der Waals surface area contributed by atoms with Gasteiger partial charge in [-0.3, -0.25) is 9.59 Å². The normalized spacial score (nSPS) is 15.9. The minimum Gasteiger partial charge on any atom is -0.459 e. The van der Waals surface area contributed by atoms with Crippen LogP contribution in [0, 0.1) is 16.7 Å². The second-order valence-corrected chi connectivity index (χ2v) is 9.37. The first-order valence-corrected chi connectivity index (χ1v) is 9.95. The molecule has 0 N–H and O–H groups in total. The van der Waals surface area contributed by atoms with E-state index < -0.39 is 53.2 Å². The Balaban J connectivity index is 5.09. The topological polar surface area (TPSA) is 78.9 Å². The fraction of sp³-hybridized carbons (Fsp3) is 0.857. The van der Waals surface area contributed by atoms with Crippen LogP contribution in [0.15, 0.2) is 0 Å². The molecule has 0 heterocycles. The summed E-state index contributed by atoms with van der Waals surface area (Å²) in [5.74, 6) is -2.51. The van der Waals surface area contributed by atoms with Crippen LogP contribution < -0.4 is 0 Å². The molecule has 0 aromatic rings. The number of carbonyl (C=O) groups is 3. The van der Waals surface area contributed by atoms with Crippen molar-refractivity contribution < 1.29 is 41.8 Å². The predicted molar refractivity (Wildman–Crippen MR) is 104 cm³/mol. The van der Waals surface area contributed by atoms with Gasteiger partial charge >= 0.3 is 24.1 Å². The van der Waals surface area contributed by atoms with Crippen molar-refractivity contribution in [3.8, 4) is 0 Å². The first kappa shape index (κ1) is 28.2. The van der Waals surface area contributed by atoms with E-state index >= 15 is 0 Å². The Morgan fingerprint density at radius 2 is 1.40 bits per heavy atom. The molecule has 0 aliphatic heterocycles. The van der Waals surface area contributed by atoms with Gasteiger partial charge in [0.25, 0.3) is 0 Å². The van der Waals surface area contributed by atoms with Crippen LogP contribution >= 0.6 is 0 Å². The van der Waals surface area contributed by atoms with Gasteiger partial charge in [0.05, 0.1) is 10.8 Å². The average Bonchev–Trinajstić information content (AvgIpc) is 2.57. The minimum absolute atomic E-state index is 0.0658. The molecule has 0 rings (SSSR count). The number of ether oxygens (including phenoxy) is 3.